The number of methoxy groups -OCH3 is 2. The molecular formula is C34H34ClF3N4O8S. The number of aryl methyl sites for hydroxylation is 1. The molecule has 51 heavy (non-hydrogen) atoms. The summed E-state index contributed by atoms with van der Waals surface area (Å²) in [6.07, 6.45) is -5.60. The van der Waals surface area contributed by atoms with E-state index in [2.05, 4.69) is 10.8 Å². The summed E-state index contributed by atoms with van der Waals surface area (Å²) in [6, 6.07) is 12.3. The number of ether oxygens (including phenoxy) is 3. The second-order valence-corrected chi connectivity index (χ2v) is 14.3. The van der Waals surface area contributed by atoms with E-state index in [0.717, 1.165) is 25.3 Å². The van der Waals surface area contributed by atoms with Crippen molar-refractivity contribution in [3.05, 3.63) is 76.3 Å². The summed E-state index contributed by atoms with van der Waals surface area (Å²) in [7, 11) is 0.193. The number of carbonyl (C=O) groups excluding carboxylic acids is 2. The third-order valence-corrected chi connectivity index (χ3v) is 10.8. The summed E-state index contributed by atoms with van der Waals surface area (Å²) in [6.45, 7) is -0.303. The number of likely N-dealkylation sites (tertiary alicyclic amines) is 1. The molecule has 3 aromatic carbocycles. The number of hydrogen-bond acceptors (Lipinski definition) is 10. The van der Waals surface area contributed by atoms with Crippen molar-refractivity contribution in [1.29, 1.82) is 5.26 Å². The molecule has 12 nitrogen and oxygen atoms in total. The molecule has 2 amide bonds. The van der Waals surface area contributed by atoms with Crippen LogP contribution in [0.25, 0.3) is 0 Å². The van der Waals surface area contributed by atoms with E-state index < -0.39 is 56.5 Å². The first kappa shape index (κ1) is 37.7. The lowest BCUT2D eigenvalue weighted by molar-refractivity contribution is -0.275. The molecule has 17 heteroatoms. The molecule has 1 fully saturated rings. The quantitative estimate of drug-likeness (QED) is 0.276. The van der Waals surface area contributed by atoms with Crippen LogP contribution in [0.1, 0.15) is 36.0 Å². The van der Waals surface area contributed by atoms with Gasteiger partial charge in [-0.15, -0.1) is 13.2 Å². The molecule has 2 aliphatic heterocycles. The standard InChI is InChI=1S/C34H34ClF3N4O8S/c1-40(2)31(44)27-17-22(43)19-41(27)33(25-15-20(7-5-6-14-39)8-12-28(25)49-4)24-16-21(35)9-11-26(24)42(32(33)45)51(46,47)30-13-10-23(48-3)18-29(30)50-34(36,37)38/h8-13,15-16,18,22,27,43H,5-7,17,19H2,1-4H3/t22-,27+,33?/m1/s1. The zero-order chi connectivity index (χ0) is 37.5. The molecule has 3 aromatic rings. The second kappa shape index (κ2) is 14.2. The molecule has 0 aromatic heterocycles. The molecule has 0 aliphatic carbocycles. The van der Waals surface area contributed by atoms with Crippen LogP contribution in [0.4, 0.5) is 18.9 Å². The Balaban J connectivity index is 1.87. The molecule has 2 aliphatic rings. The number of anilines is 1. The molecule has 1 N–H and O–H groups in total. The molecule has 3 atom stereocenters. The third kappa shape index (κ3) is 6.78. The van der Waals surface area contributed by atoms with Crippen LogP contribution in [-0.2, 0) is 31.6 Å². The van der Waals surface area contributed by atoms with Crippen LogP contribution in [0.5, 0.6) is 17.2 Å². The Morgan fingerprint density at radius 3 is 2.43 bits per heavy atom. The Morgan fingerprint density at radius 2 is 1.80 bits per heavy atom. The minimum Gasteiger partial charge on any atom is -0.497 e. The van der Waals surface area contributed by atoms with Gasteiger partial charge in [-0.2, -0.15) is 5.26 Å². The van der Waals surface area contributed by atoms with Gasteiger partial charge in [0.05, 0.1) is 38.1 Å². The van der Waals surface area contributed by atoms with Gasteiger partial charge in [0.15, 0.2) is 11.3 Å². The molecule has 5 rings (SSSR count). The van der Waals surface area contributed by atoms with E-state index in [-0.39, 0.29) is 52.7 Å². The van der Waals surface area contributed by atoms with Gasteiger partial charge in [0.25, 0.3) is 15.9 Å². The molecule has 2 heterocycles. The normalized spacial score (nSPS) is 20.5. The zero-order valence-corrected chi connectivity index (χ0v) is 29.5. The van der Waals surface area contributed by atoms with Crippen molar-refractivity contribution in [3.63, 3.8) is 0 Å². The van der Waals surface area contributed by atoms with Gasteiger partial charge in [-0.3, -0.25) is 14.5 Å². The maximum atomic E-state index is 15.5. The smallest absolute Gasteiger partial charge is 0.497 e. The summed E-state index contributed by atoms with van der Waals surface area (Å²) in [5.74, 6) is -2.93. The van der Waals surface area contributed by atoms with E-state index in [9.17, 15) is 31.5 Å². The number of halogens is 4. The number of rotatable bonds is 11. The van der Waals surface area contributed by atoms with Crippen LogP contribution < -0.4 is 18.5 Å². The number of aliphatic hydroxyl groups excluding tert-OH is 1. The lowest BCUT2D eigenvalue weighted by atomic mass is 9.80. The number of fused-ring (bicyclic) bond motifs is 1. The van der Waals surface area contributed by atoms with Gasteiger partial charge in [0, 0.05) is 49.3 Å². The van der Waals surface area contributed by atoms with Crippen LogP contribution in [0, 0.1) is 11.3 Å². The summed E-state index contributed by atoms with van der Waals surface area (Å²) < 4.78 is 85.5. The highest BCUT2D eigenvalue weighted by molar-refractivity contribution is 7.93. The topological polar surface area (TPSA) is 150 Å². The van der Waals surface area contributed by atoms with E-state index in [1.165, 1.54) is 49.2 Å². The Morgan fingerprint density at radius 1 is 1.08 bits per heavy atom. The van der Waals surface area contributed by atoms with Crippen LogP contribution in [-0.4, -0.2) is 88.5 Å². The van der Waals surface area contributed by atoms with Gasteiger partial charge in [-0.1, -0.05) is 17.7 Å². The maximum absolute atomic E-state index is 15.5. The van der Waals surface area contributed by atoms with E-state index in [1.54, 1.807) is 18.2 Å². The van der Waals surface area contributed by atoms with E-state index in [0.29, 0.717) is 22.7 Å². The number of sulfonamides is 1. The Labute approximate surface area is 297 Å². The number of nitrogens with zero attached hydrogens (tertiary/aromatic N) is 4. The monoisotopic (exact) mass is 750 g/mol. The number of hydrogen-bond donors (Lipinski definition) is 1. The highest BCUT2D eigenvalue weighted by atomic mass is 35.5. The average Bonchev–Trinajstić information content (AvgIpc) is 3.58. The van der Waals surface area contributed by atoms with E-state index >= 15 is 4.79 Å². The van der Waals surface area contributed by atoms with Gasteiger partial charge in [-0.25, -0.2) is 12.7 Å². The molecule has 0 bridgehead atoms. The fourth-order valence-electron chi connectivity index (χ4n) is 6.69. The van der Waals surface area contributed by atoms with E-state index in [4.69, 9.17) is 26.3 Å². The molecule has 1 unspecified atom stereocenters. The lowest BCUT2D eigenvalue weighted by Crippen LogP contribution is -2.59. The van der Waals surface area contributed by atoms with Gasteiger partial charge < -0.3 is 24.2 Å². The SMILES string of the molecule is COc1ccc(S(=O)(=O)N2C(=O)C(c3cc(CCCC#N)ccc3OC)(N3C[C@H](O)C[C@H]3C(=O)N(C)C)c3cc(Cl)ccc32)c(OC(F)(F)F)c1. The second-order valence-electron chi connectivity index (χ2n) is 12.1. The summed E-state index contributed by atoms with van der Waals surface area (Å²) in [5.41, 5.74) is -1.85. The number of aliphatic hydroxyl groups is 1. The fourth-order valence-corrected chi connectivity index (χ4v) is 8.42. The first-order valence-corrected chi connectivity index (χ1v) is 17.4. The largest absolute Gasteiger partial charge is 0.573 e. The van der Waals surface area contributed by atoms with Crippen LogP contribution in [0.15, 0.2) is 59.5 Å². The number of nitriles is 1. The van der Waals surface area contributed by atoms with Crippen molar-refractivity contribution in [1.82, 2.24) is 9.80 Å². The lowest BCUT2D eigenvalue weighted by Gasteiger charge is -2.42. The Bertz CT molecular complexity index is 2010. The van der Waals surface area contributed by atoms with Gasteiger partial charge in [0.1, 0.15) is 16.4 Å². The minimum absolute atomic E-state index is 0.0338. The fraction of sp³-hybridized carbons (Fsp3) is 0.382. The number of alkyl halides is 3. The number of carbonyl (C=O) groups is 2. The van der Waals surface area contributed by atoms with Crippen molar-refractivity contribution in [2.24, 2.45) is 0 Å². The number of β-amino-alcohol motifs (C(OH)–C–C–N with tert-alkyl or cyclic N) is 1. The molecule has 0 radical (unpaired) electrons. The Kier molecular flexibility index (Phi) is 10.5. The minimum atomic E-state index is -5.33. The van der Waals surface area contributed by atoms with Crippen LogP contribution >= 0.6 is 11.6 Å². The highest BCUT2D eigenvalue weighted by Crippen LogP contribution is 2.55. The molecule has 0 spiro atoms. The van der Waals surface area contributed by atoms with Gasteiger partial charge in [0.2, 0.25) is 5.91 Å². The zero-order valence-electron chi connectivity index (χ0n) is 27.9. The Hall–Kier alpha value is -4.56. The average molecular weight is 751 g/mol. The summed E-state index contributed by atoms with van der Waals surface area (Å²) in [5, 5.41) is 20.3. The van der Waals surface area contributed by atoms with E-state index in [1.807, 2.05) is 0 Å². The van der Waals surface area contributed by atoms with Crippen LogP contribution in [0.2, 0.25) is 5.02 Å². The van der Waals surface area contributed by atoms with Crippen molar-refractivity contribution in [2.45, 2.75) is 54.6 Å². The van der Waals surface area contributed by atoms with Crippen molar-refractivity contribution >= 4 is 39.1 Å². The highest BCUT2D eigenvalue weighted by Gasteiger charge is 2.64. The number of amides is 2. The maximum Gasteiger partial charge on any atom is 0.573 e. The molecule has 272 valence electrons. The van der Waals surface area contributed by atoms with Crippen molar-refractivity contribution in [2.75, 3.05) is 39.2 Å². The molecule has 0 saturated carbocycles. The van der Waals surface area contributed by atoms with Gasteiger partial charge in [-0.05, 0) is 67.3 Å². The van der Waals surface area contributed by atoms with Gasteiger partial charge >= 0.3 is 6.36 Å². The third-order valence-electron chi connectivity index (χ3n) is 8.80. The van der Waals surface area contributed by atoms with Crippen molar-refractivity contribution in [3.8, 4) is 23.3 Å². The first-order chi connectivity index (χ1) is 24.0. The first-order valence-electron chi connectivity index (χ1n) is 15.5. The van der Waals surface area contributed by atoms with Crippen molar-refractivity contribution < 1.29 is 50.5 Å². The molecular weight excluding hydrogens is 717 g/mol. The number of benzene rings is 3. The number of unbranched alkanes of at least 4 members (excludes halogenated alkanes) is 1. The number of likely N-dealkylation sites (N-methyl/N-ethyl adjacent to an activating group) is 1. The predicted octanol–water partition coefficient (Wildman–Crippen LogP) is 4.60. The predicted molar refractivity (Wildman–Crippen MR) is 178 cm³/mol. The van der Waals surface area contributed by atoms with Crippen LogP contribution in [0.3, 0.4) is 0 Å². The summed E-state index contributed by atoms with van der Waals surface area (Å²) >= 11 is 6.53. The summed E-state index contributed by atoms with van der Waals surface area (Å²) in [4.78, 5) is 30.9. The molecule has 1 saturated heterocycles.